The summed E-state index contributed by atoms with van der Waals surface area (Å²) in [6, 6.07) is 19.3. The fourth-order valence-corrected chi connectivity index (χ4v) is 7.22. The van der Waals surface area contributed by atoms with E-state index in [4.69, 9.17) is 0 Å². The van der Waals surface area contributed by atoms with Crippen LogP contribution in [0.2, 0.25) is 0 Å². The Morgan fingerprint density at radius 2 is 1.94 bits per heavy atom. The van der Waals surface area contributed by atoms with Gasteiger partial charge >= 0.3 is 0 Å². The van der Waals surface area contributed by atoms with E-state index in [0.717, 1.165) is 32.9 Å². The van der Waals surface area contributed by atoms with Crippen LogP contribution in [0.25, 0.3) is 22.4 Å². The van der Waals surface area contributed by atoms with Crippen LogP contribution in [0.3, 0.4) is 0 Å². The minimum Gasteiger partial charge on any atom is -0.352 e. The molecule has 1 aliphatic rings. The molecule has 1 aliphatic heterocycles. The molecule has 1 atom stereocenters. The number of fused-ring (bicyclic) bond motifs is 1. The Hall–Kier alpha value is -3.01. The largest absolute Gasteiger partial charge is 0.352 e. The van der Waals surface area contributed by atoms with Gasteiger partial charge in [-0.3, -0.25) is 4.79 Å². The van der Waals surface area contributed by atoms with Crippen LogP contribution in [0.4, 0.5) is 0 Å². The van der Waals surface area contributed by atoms with Crippen molar-refractivity contribution >= 4 is 38.3 Å². The van der Waals surface area contributed by atoms with Crippen LogP contribution in [0.5, 0.6) is 0 Å². The maximum atomic E-state index is 13.0. The van der Waals surface area contributed by atoms with Crippen molar-refractivity contribution in [1.29, 1.82) is 0 Å². The molecule has 0 saturated carbocycles. The predicted molar refractivity (Wildman–Crippen MR) is 134 cm³/mol. The third-order valence-corrected chi connectivity index (χ3v) is 9.48. The molecule has 1 fully saturated rings. The van der Waals surface area contributed by atoms with Gasteiger partial charge in [0.1, 0.15) is 10.0 Å². The average Bonchev–Trinajstić information content (AvgIpc) is 3.49. The first-order chi connectivity index (χ1) is 16.4. The number of rotatable bonds is 6. The maximum Gasteiger partial charge on any atom is 0.252 e. The van der Waals surface area contributed by atoms with Gasteiger partial charge in [0.15, 0.2) is 0 Å². The molecule has 4 aromatic rings. The summed E-state index contributed by atoms with van der Waals surface area (Å²) in [6.45, 7) is 2.95. The van der Waals surface area contributed by atoms with Crippen LogP contribution in [-0.4, -0.2) is 41.7 Å². The molecule has 34 heavy (non-hydrogen) atoms. The lowest BCUT2D eigenvalue weighted by Gasteiger charge is -2.30. The topological polar surface area (TPSA) is 95.2 Å². The van der Waals surface area contributed by atoms with Gasteiger partial charge in [0, 0.05) is 30.1 Å². The average molecular weight is 495 g/mol. The molecule has 2 aromatic heterocycles. The second-order valence-corrected chi connectivity index (χ2v) is 12.0. The summed E-state index contributed by atoms with van der Waals surface area (Å²) >= 11 is 1.27. The highest BCUT2D eigenvalue weighted by Crippen LogP contribution is 2.28. The molecule has 9 heteroatoms. The van der Waals surface area contributed by atoms with Crippen LogP contribution in [-0.2, 0) is 21.4 Å². The van der Waals surface area contributed by atoms with Crippen molar-refractivity contribution in [3.8, 4) is 11.4 Å². The number of carbonyl (C=O) groups excluding carboxylic acids is 1. The second-order valence-electron chi connectivity index (χ2n) is 8.58. The summed E-state index contributed by atoms with van der Waals surface area (Å²) in [5, 5.41) is 2.98. The van der Waals surface area contributed by atoms with Gasteiger partial charge in [0.25, 0.3) is 10.0 Å². The van der Waals surface area contributed by atoms with Gasteiger partial charge in [0.2, 0.25) is 5.91 Å². The number of piperidine rings is 1. The number of imidazole rings is 1. The van der Waals surface area contributed by atoms with Crippen LogP contribution in [0, 0.1) is 12.8 Å². The van der Waals surface area contributed by atoms with Crippen molar-refractivity contribution < 1.29 is 13.2 Å². The van der Waals surface area contributed by atoms with Gasteiger partial charge in [-0.2, -0.15) is 4.31 Å². The lowest BCUT2D eigenvalue weighted by molar-refractivity contribution is -0.126. The first kappa shape index (κ1) is 22.8. The number of thiophene rings is 1. The number of benzene rings is 2. The van der Waals surface area contributed by atoms with Gasteiger partial charge in [-0.1, -0.05) is 36.4 Å². The quantitative estimate of drug-likeness (QED) is 0.417. The van der Waals surface area contributed by atoms with E-state index >= 15 is 0 Å². The Balaban J connectivity index is 1.20. The Kier molecular flexibility index (Phi) is 6.24. The third-order valence-electron chi connectivity index (χ3n) is 6.15. The van der Waals surface area contributed by atoms with Gasteiger partial charge in [-0.15, -0.1) is 11.3 Å². The number of nitrogens with one attached hydrogen (secondary N) is 2. The zero-order valence-corrected chi connectivity index (χ0v) is 20.5. The number of aromatic nitrogens is 2. The van der Waals surface area contributed by atoms with E-state index in [2.05, 4.69) is 15.3 Å². The van der Waals surface area contributed by atoms with E-state index in [0.29, 0.717) is 30.1 Å². The monoisotopic (exact) mass is 494 g/mol. The number of aryl methyl sites for hydroxylation is 1. The van der Waals surface area contributed by atoms with Crippen LogP contribution in [0.1, 0.15) is 23.3 Å². The van der Waals surface area contributed by atoms with E-state index in [1.807, 2.05) is 61.5 Å². The van der Waals surface area contributed by atoms with E-state index in [1.165, 1.54) is 15.6 Å². The van der Waals surface area contributed by atoms with Crippen molar-refractivity contribution in [2.75, 3.05) is 13.1 Å². The third kappa shape index (κ3) is 4.64. The van der Waals surface area contributed by atoms with Gasteiger partial charge in [-0.05, 0) is 49.6 Å². The van der Waals surface area contributed by atoms with Crippen molar-refractivity contribution in [2.45, 2.75) is 30.5 Å². The van der Waals surface area contributed by atoms with E-state index in [9.17, 15) is 13.2 Å². The SMILES string of the molecule is Cc1ccc(S(=O)(=O)N2CCCC(C(=O)NCc3ccc(-c4nc5ccccc5[nH]4)cc3)C2)s1. The fourth-order valence-electron chi connectivity index (χ4n) is 4.26. The second kappa shape index (κ2) is 9.32. The van der Waals surface area contributed by atoms with E-state index < -0.39 is 10.0 Å². The summed E-state index contributed by atoms with van der Waals surface area (Å²) in [5.41, 5.74) is 3.86. The van der Waals surface area contributed by atoms with Crippen molar-refractivity contribution in [3.05, 3.63) is 71.1 Å². The van der Waals surface area contributed by atoms with Crippen molar-refractivity contribution in [2.24, 2.45) is 5.92 Å². The number of aromatic amines is 1. The molecule has 0 spiro atoms. The smallest absolute Gasteiger partial charge is 0.252 e. The molecule has 1 amide bonds. The minimum atomic E-state index is -3.55. The zero-order chi connectivity index (χ0) is 23.7. The summed E-state index contributed by atoms with van der Waals surface area (Å²) < 4.78 is 27.7. The molecule has 1 unspecified atom stereocenters. The molecule has 7 nitrogen and oxygen atoms in total. The van der Waals surface area contributed by atoms with Crippen LogP contribution in [0.15, 0.2) is 64.9 Å². The molecule has 5 rings (SSSR count). The highest BCUT2D eigenvalue weighted by molar-refractivity contribution is 7.91. The van der Waals surface area contributed by atoms with Gasteiger partial charge in [-0.25, -0.2) is 13.4 Å². The molecule has 0 bridgehead atoms. The highest BCUT2D eigenvalue weighted by Gasteiger charge is 2.33. The molecule has 2 N–H and O–H groups in total. The predicted octanol–water partition coefficient (Wildman–Crippen LogP) is 4.32. The molecule has 0 radical (unpaired) electrons. The Morgan fingerprint density at radius 1 is 1.15 bits per heavy atom. The number of para-hydroxylation sites is 2. The number of nitrogens with zero attached hydrogens (tertiary/aromatic N) is 2. The van der Waals surface area contributed by atoms with Crippen molar-refractivity contribution in [1.82, 2.24) is 19.6 Å². The summed E-state index contributed by atoms with van der Waals surface area (Å²) in [6.07, 6.45) is 1.36. The van der Waals surface area contributed by atoms with Gasteiger partial charge < -0.3 is 10.3 Å². The zero-order valence-electron chi connectivity index (χ0n) is 18.8. The number of hydrogen-bond acceptors (Lipinski definition) is 5. The molecule has 1 saturated heterocycles. The lowest BCUT2D eigenvalue weighted by atomic mass is 9.98. The Morgan fingerprint density at radius 3 is 2.68 bits per heavy atom. The maximum absolute atomic E-state index is 13.0. The number of sulfonamides is 1. The molecule has 176 valence electrons. The van der Waals surface area contributed by atoms with E-state index in [-0.39, 0.29) is 18.4 Å². The number of carbonyl (C=O) groups is 1. The summed E-state index contributed by atoms with van der Waals surface area (Å²) in [5.74, 6) is 0.351. The molecule has 0 aliphatic carbocycles. The fraction of sp³-hybridized carbons (Fsp3) is 0.280. The Bertz CT molecular complexity index is 1390. The highest BCUT2D eigenvalue weighted by atomic mass is 32.2. The molecule has 3 heterocycles. The first-order valence-corrected chi connectivity index (χ1v) is 13.5. The molecule has 2 aromatic carbocycles. The van der Waals surface area contributed by atoms with Crippen LogP contribution >= 0.6 is 11.3 Å². The summed E-state index contributed by atoms with van der Waals surface area (Å²) in [7, 11) is -3.55. The molecular weight excluding hydrogens is 468 g/mol. The normalized spacial score (nSPS) is 17.1. The first-order valence-electron chi connectivity index (χ1n) is 11.3. The standard InChI is InChI=1S/C25H26N4O3S2/c1-17-8-13-23(33-17)34(31,32)29-14-4-5-20(16-29)25(30)26-15-18-9-11-19(12-10-18)24-27-21-6-2-3-7-22(21)28-24/h2-3,6-13,20H,4-5,14-16H2,1H3,(H,26,30)(H,27,28). The lowest BCUT2D eigenvalue weighted by Crippen LogP contribution is -2.45. The molecular formula is C25H26N4O3S2. The number of amides is 1. The number of H-pyrrole nitrogens is 1. The summed E-state index contributed by atoms with van der Waals surface area (Å²) in [4.78, 5) is 21.7. The van der Waals surface area contributed by atoms with Gasteiger partial charge in [0.05, 0.1) is 17.0 Å². The Labute approximate surface area is 202 Å². The van der Waals surface area contributed by atoms with E-state index in [1.54, 1.807) is 6.07 Å². The van der Waals surface area contributed by atoms with Crippen molar-refractivity contribution in [3.63, 3.8) is 0 Å². The minimum absolute atomic E-state index is 0.108. The number of hydrogen-bond donors (Lipinski definition) is 2. The van der Waals surface area contributed by atoms with Crippen LogP contribution < -0.4 is 5.32 Å².